The van der Waals surface area contributed by atoms with E-state index in [2.05, 4.69) is 15.7 Å². The molecular formula is C33H42N8O3. The van der Waals surface area contributed by atoms with Crippen LogP contribution < -0.4 is 31.4 Å². The number of pyridine rings is 1. The Morgan fingerprint density at radius 2 is 1.93 bits per heavy atom. The Kier molecular flexibility index (Phi) is 10.1. The molecule has 2 saturated heterocycles. The Morgan fingerprint density at radius 1 is 1.16 bits per heavy atom. The number of carbonyl (C=O) groups excluding carboxylic acids is 1. The molecular weight excluding hydrogens is 556 g/mol. The molecule has 11 heteroatoms. The van der Waals surface area contributed by atoms with Crippen molar-refractivity contribution in [2.24, 2.45) is 10.7 Å². The van der Waals surface area contributed by atoms with Gasteiger partial charge in [-0.25, -0.2) is 10.5 Å². The van der Waals surface area contributed by atoms with Gasteiger partial charge >= 0.3 is 0 Å². The SMILES string of the molecule is CC(C)N=C1CCN(c2ccc(C3CCNO3)cn2)C/C1=C(/N)C(=O)NCc1ccc(ON(c2ccccc2)N(C)C)cc1. The highest BCUT2D eigenvalue weighted by Crippen LogP contribution is 2.27. The quantitative estimate of drug-likeness (QED) is 0.236. The molecule has 0 radical (unpaired) electrons. The lowest BCUT2D eigenvalue weighted by atomic mass is 9.98. The van der Waals surface area contributed by atoms with E-state index in [1.54, 1.807) is 5.17 Å². The summed E-state index contributed by atoms with van der Waals surface area (Å²) in [5.41, 5.74) is 14.1. The number of nitrogens with zero attached hydrogens (tertiary/aromatic N) is 5. The van der Waals surface area contributed by atoms with Gasteiger partial charge in [0.05, 0.1) is 5.69 Å². The molecule has 0 saturated carbocycles. The first kappa shape index (κ1) is 31.0. The summed E-state index contributed by atoms with van der Waals surface area (Å²) in [7, 11) is 3.82. The number of nitrogens with two attached hydrogens (primary N) is 1. The highest BCUT2D eigenvalue weighted by atomic mass is 16.7. The molecule has 232 valence electrons. The van der Waals surface area contributed by atoms with Crippen LogP contribution in [0.2, 0.25) is 0 Å². The van der Waals surface area contributed by atoms with Crippen LogP contribution in [-0.2, 0) is 16.2 Å². The molecule has 0 bridgehead atoms. The summed E-state index contributed by atoms with van der Waals surface area (Å²) in [6.45, 7) is 6.40. The minimum atomic E-state index is -0.323. The van der Waals surface area contributed by atoms with E-state index in [4.69, 9.17) is 25.4 Å². The monoisotopic (exact) mass is 598 g/mol. The summed E-state index contributed by atoms with van der Waals surface area (Å²) in [6.07, 6.45) is 3.47. The first-order valence-corrected chi connectivity index (χ1v) is 15.0. The van der Waals surface area contributed by atoms with Gasteiger partial charge in [-0.1, -0.05) is 36.4 Å². The molecule has 2 aromatic carbocycles. The Bertz CT molecular complexity index is 1450. The number of aliphatic imine (C=N–C) groups is 1. The second kappa shape index (κ2) is 14.3. The third kappa shape index (κ3) is 7.73. The highest BCUT2D eigenvalue weighted by molar-refractivity contribution is 6.09. The van der Waals surface area contributed by atoms with E-state index < -0.39 is 0 Å². The van der Waals surface area contributed by atoms with E-state index in [1.165, 1.54) is 0 Å². The predicted octanol–water partition coefficient (Wildman–Crippen LogP) is 3.91. The van der Waals surface area contributed by atoms with Gasteiger partial charge in [0, 0.05) is 75.8 Å². The molecule has 2 aliphatic heterocycles. The molecule has 3 aromatic rings. The molecule has 44 heavy (non-hydrogen) atoms. The highest BCUT2D eigenvalue weighted by Gasteiger charge is 2.26. The van der Waals surface area contributed by atoms with E-state index in [9.17, 15) is 4.79 Å². The van der Waals surface area contributed by atoms with Gasteiger partial charge in [0.2, 0.25) is 0 Å². The third-order valence-electron chi connectivity index (χ3n) is 7.41. The molecule has 1 unspecified atom stereocenters. The Labute approximate surface area is 259 Å². The van der Waals surface area contributed by atoms with Crippen molar-refractivity contribution < 1.29 is 14.5 Å². The molecule has 11 nitrogen and oxygen atoms in total. The number of benzene rings is 2. The Morgan fingerprint density at radius 3 is 2.57 bits per heavy atom. The average molecular weight is 599 g/mol. The second-order valence-corrected chi connectivity index (χ2v) is 11.3. The van der Waals surface area contributed by atoms with Crippen LogP contribution in [0.25, 0.3) is 0 Å². The number of aromatic nitrogens is 1. The van der Waals surface area contributed by atoms with E-state index >= 15 is 0 Å². The van der Waals surface area contributed by atoms with Crippen LogP contribution in [0.15, 0.2) is 89.2 Å². The largest absolute Gasteiger partial charge is 0.394 e. The maximum Gasteiger partial charge on any atom is 0.267 e. The lowest BCUT2D eigenvalue weighted by Crippen LogP contribution is -2.40. The molecule has 3 heterocycles. The standard InChI is InChI=1S/C33H42N8O3/c1-23(2)38-29-17-19-40(31-15-12-25(21-35-31)30-16-18-37-43-30)22-28(29)32(34)33(42)36-20-24-10-13-27(14-11-24)44-41(39(3)4)26-8-6-5-7-9-26/h5-15,21,23,30,37H,16-20,22,34H2,1-4H3,(H,36,42)/b32-28-,38-29?. The molecule has 5 rings (SSSR count). The van der Waals surface area contributed by atoms with Crippen molar-refractivity contribution in [2.75, 3.05) is 43.8 Å². The number of piperidine rings is 1. The van der Waals surface area contributed by atoms with Crippen molar-refractivity contribution in [3.8, 4) is 5.75 Å². The second-order valence-electron chi connectivity index (χ2n) is 11.3. The van der Waals surface area contributed by atoms with Crippen molar-refractivity contribution in [1.82, 2.24) is 20.8 Å². The molecule has 2 fully saturated rings. The van der Waals surface area contributed by atoms with Crippen molar-refractivity contribution in [1.29, 1.82) is 0 Å². The van der Waals surface area contributed by atoms with Crippen LogP contribution in [0.3, 0.4) is 0 Å². The number of para-hydroxylation sites is 1. The number of hydrazine groups is 1. The smallest absolute Gasteiger partial charge is 0.267 e. The first-order valence-electron chi connectivity index (χ1n) is 15.0. The topological polar surface area (TPSA) is 121 Å². The molecule has 4 N–H and O–H groups in total. The lowest BCUT2D eigenvalue weighted by molar-refractivity contribution is -0.117. The third-order valence-corrected chi connectivity index (χ3v) is 7.41. The Hall–Kier alpha value is -4.45. The van der Waals surface area contributed by atoms with Crippen molar-refractivity contribution in [2.45, 2.75) is 45.4 Å². The van der Waals surface area contributed by atoms with Gasteiger partial charge in [0.15, 0.2) is 5.75 Å². The number of anilines is 2. The van der Waals surface area contributed by atoms with Crippen molar-refractivity contribution >= 4 is 23.1 Å². The number of hydroxylamine groups is 1. The predicted molar refractivity (Wildman–Crippen MR) is 173 cm³/mol. The van der Waals surface area contributed by atoms with E-state index in [1.807, 2.05) is 106 Å². The summed E-state index contributed by atoms with van der Waals surface area (Å²) in [5, 5.41) is 6.54. The van der Waals surface area contributed by atoms with Gasteiger partial charge < -0.3 is 20.8 Å². The summed E-state index contributed by atoms with van der Waals surface area (Å²) >= 11 is 0. The van der Waals surface area contributed by atoms with E-state index in [0.29, 0.717) is 25.3 Å². The first-order chi connectivity index (χ1) is 21.3. The number of amides is 1. The number of hydrogen-bond donors (Lipinski definition) is 3. The van der Waals surface area contributed by atoms with E-state index in [-0.39, 0.29) is 23.8 Å². The van der Waals surface area contributed by atoms with Crippen LogP contribution in [0.1, 0.15) is 43.9 Å². The molecule has 1 amide bonds. The molecule has 0 aliphatic carbocycles. The van der Waals surface area contributed by atoms with Crippen LogP contribution in [0.5, 0.6) is 5.75 Å². The van der Waals surface area contributed by atoms with Crippen LogP contribution in [-0.4, -0.2) is 61.4 Å². The average Bonchev–Trinajstić information content (AvgIpc) is 3.58. The summed E-state index contributed by atoms with van der Waals surface area (Å²) in [4.78, 5) is 36.6. The van der Waals surface area contributed by atoms with Crippen LogP contribution in [0.4, 0.5) is 11.5 Å². The fourth-order valence-corrected chi connectivity index (χ4v) is 5.16. The number of hydrogen-bond acceptors (Lipinski definition) is 10. The summed E-state index contributed by atoms with van der Waals surface area (Å²) in [5.74, 6) is 1.18. The molecule has 1 aromatic heterocycles. The minimum absolute atomic E-state index is 0.0169. The summed E-state index contributed by atoms with van der Waals surface area (Å²) < 4.78 is 0. The normalized spacial score (nSPS) is 19.0. The van der Waals surface area contributed by atoms with Gasteiger partial charge in [0.1, 0.15) is 17.6 Å². The Balaban J connectivity index is 1.24. The van der Waals surface area contributed by atoms with Gasteiger partial charge in [0.25, 0.3) is 5.91 Å². The minimum Gasteiger partial charge on any atom is -0.394 e. The lowest BCUT2D eigenvalue weighted by Gasteiger charge is -2.32. The molecule has 0 spiro atoms. The van der Waals surface area contributed by atoms with Crippen LogP contribution >= 0.6 is 0 Å². The van der Waals surface area contributed by atoms with Gasteiger partial charge in [-0.15, -0.1) is 5.17 Å². The zero-order chi connectivity index (χ0) is 31.1. The van der Waals surface area contributed by atoms with Gasteiger partial charge in [-0.3, -0.25) is 14.6 Å². The van der Waals surface area contributed by atoms with Crippen molar-refractivity contribution in [3.05, 3.63) is 95.3 Å². The number of nitrogens with one attached hydrogen (secondary N) is 2. The van der Waals surface area contributed by atoms with E-state index in [0.717, 1.165) is 53.4 Å². The van der Waals surface area contributed by atoms with Crippen LogP contribution in [0, 0.1) is 0 Å². The number of rotatable bonds is 10. The maximum absolute atomic E-state index is 13.3. The van der Waals surface area contributed by atoms with Gasteiger partial charge in [-0.2, -0.15) is 5.01 Å². The van der Waals surface area contributed by atoms with Gasteiger partial charge in [-0.05, 0) is 56.2 Å². The zero-order valence-electron chi connectivity index (χ0n) is 25.9. The maximum atomic E-state index is 13.3. The fourth-order valence-electron chi connectivity index (χ4n) is 5.16. The van der Waals surface area contributed by atoms with Crippen molar-refractivity contribution in [3.63, 3.8) is 0 Å². The zero-order valence-corrected chi connectivity index (χ0v) is 25.9. The number of carbonyl (C=O) groups is 1. The summed E-state index contributed by atoms with van der Waals surface area (Å²) in [6, 6.07) is 21.6. The molecule has 2 aliphatic rings. The molecule has 1 atom stereocenters. The fraction of sp³-hybridized carbons (Fsp3) is 0.364.